The maximum absolute atomic E-state index is 13.8. The number of imide groups is 1. The molecule has 1 aliphatic heterocycles. The number of methoxy groups -OCH3 is 2. The Hall–Kier alpha value is -4.32. The molecule has 1 saturated carbocycles. The van der Waals surface area contributed by atoms with Crippen molar-refractivity contribution < 1.29 is 23.8 Å². The number of nitrogens with zero attached hydrogens (tertiary/aromatic N) is 1. The van der Waals surface area contributed by atoms with Crippen LogP contribution in [0.25, 0.3) is 5.57 Å². The van der Waals surface area contributed by atoms with Crippen LogP contribution in [0.4, 0.5) is 5.69 Å². The monoisotopic (exact) mass is 521 g/mol. The first-order valence-electron chi connectivity index (χ1n) is 13.4. The Bertz CT molecular complexity index is 1370. The predicted octanol–water partition coefficient (Wildman–Crippen LogP) is 5.92. The van der Waals surface area contributed by atoms with Gasteiger partial charge in [0.2, 0.25) is 11.8 Å². The Morgan fingerprint density at radius 1 is 0.692 bits per heavy atom. The quantitative estimate of drug-likeness (QED) is 0.272. The van der Waals surface area contributed by atoms with Crippen molar-refractivity contribution in [2.24, 2.45) is 23.7 Å². The second-order valence-electron chi connectivity index (χ2n) is 10.1. The van der Waals surface area contributed by atoms with E-state index >= 15 is 0 Å². The van der Waals surface area contributed by atoms with E-state index in [1.807, 2.05) is 60.7 Å². The van der Waals surface area contributed by atoms with Gasteiger partial charge in [-0.25, -0.2) is 4.90 Å². The molecule has 3 aromatic carbocycles. The van der Waals surface area contributed by atoms with Crippen molar-refractivity contribution in [3.8, 4) is 17.2 Å². The van der Waals surface area contributed by atoms with E-state index in [4.69, 9.17) is 14.2 Å². The van der Waals surface area contributed by atoms with Crippen LogP contribution in [0.1, 0.15) is 24.5 Å². The summed E-state index contributed by atoms with van der Waals surface area (Å²) in [5.41, 5.74) is 4.83. The molecule has 1 heterocycles. The number of anilines is 1. The van der Waals surface area contributed by atoms with Gasteiger partial charge in [0.05, 0.1) is 38.3 Å². The third-order valence-corrected chi connectivity index (χ3v) is 8.03. The van der Waals surface area contributed by atoms with E-state index in [2.05, 4.69) is 19.1 Å². The molecule has 6 nitrogen and oxygen atoms in total. The van der Waals surface area contributed by atoms with Gasteiger partial charge < -0.3 is 14.2 Å². The molecule has 0 aromatic heterocycles. The van der Waals surface area contributed by atoms with Gasteiger partial charge in [0.1, 0.15) is 17.2 Å². The fourth-order valence-corrected chi connectivity index (χ4v) is 6.28. The van der Waals surface area contributed by atoms with Gasteiger partial charge in [-0.15, -0.1) is 0 Å². The molecule has 2 amide bonds. The number of ether oxygens (including phenoxy) is 3. The average molecular weight is 522 g/mol. The number of hydrogen-bond acceptors (Lipinski definition) is 5. The van der Waals surface area contributed by atoms with Crippen molar-refractivity contribution in [2.45, 2.75) is 13.3 Å². The van der Waals surface area contributed by atoms with Crippen molar-refractivity contribution in [1.82, 2.24) is 0 Å². The molecule has 2 fully saturated rings. The molecule has 0 unspecified atom stereocenters. The molecule has 0 spiro atoms. The van der Waals surface area contributed by atoms with E-state index in [1.165, 1.54) is 4.90 Å². The minimum Gasteiger partial charge on any atom is -0.497 e. The van der Waals surface area contributed by atoms with Crippen LogP contribution in [0.15, 0.2) is 90.5 Å². The number of allylic oxidation sites excluding steroid dienone is 3. The summed E-state index contributed by atoms with van der Waals surface area (Å²) in [5, 5.41) is 0. The Balaban J connectivity index is 1.39. The molecule has 6 rings (SSSR count). The Labute approximate surface area is 228 Å². The van der Waals surface area contributed by atoms with Gasteiger partial charge in [0.15, 0.2) is 0 Å². The van der Waals surface area contributed by atoms with Crippen LogP contribution in [0.5, 0.6) is 17.2 Å². The van der Waals surface area contributed by atoms with Crippen molar-refractivity contribution in [2.75, 3.05) is 25.7 Å². The van der Waals surface area contributed by atoms with E-state index in [9.17, 15) is 9.59 Å². The number of amides is 2. The molecule has 3 aliphatic rings. The lowest BCUT2D eigenvalue weighted by Crippen LogP contribution is -2.33. The van der Waals surface area contributed by atoms with E-state index in [1.54, 1.807) is 26.4 Å². The van der Waals surface area contributed by atoms with Gasteiger partial charge in [0.25, 0.3) is 0 Å². The molecular formula is C33H31NO5. The lowest BCUT2D eigenvalue weighted by atomic mass is 9.85. The van der Waals surface area contributed by atoms with Crippen LogP contribution in [0.3, 0.4) is 0 Å². The lowest BCUT2D eigenvalue weighted by Gasteiger charge is -2.22. The van der Waals surface area contributed by atoms with Crippen LogP contribution in [-0.4, -0.2) is 32.6 Å². The van der Waals surface area contributed by atoms with Gasteiger partial charge in [0, 0.05) is 11.8 Å². The van der Waals surface area contributed by atoms with Crippen molar-refractivity contribution in [3.05, 3.63) is 102 Å². The topological polar surface area (TPSA) is 65.1 Å². The van der Waals surface area contributed by atoms with E-state index in [0.29, 0.717) is 12.3 Å². The number of carbonyl (C=O) groups excluding carboxylic acids is 2. The minimum atomic E-state index is -0.412. The summed E-state index contributed by atoms with van der Waals surface area (Å²) in [6.45, 7) is 2.67. The summed E-state index contributed by atoms with van der Waals surface area (Å²) in [6.07, 6.45) is 5.14. The normalized spacial score (nSPS) is 22.8. The maximum Gasteiger partial charge on any atom is 0.238 e. The van der Waals surface area contributed by atoms with Gasteiger partial charge in [-0.05, 0) is 77.2 Å². The number of carbonyl (C=O) groups is 2. The highest BCUT2D eigenvalue weighted by atomic mass is 16.5. The van der Waals surface area contributed by atoms with E-state index in [-0.39, 0.29) is 23.7 Å². The lowest BCUT2D eigenvalue weighted by molar-refractivity contribution is -0.122. The Morgan fingerprint density at radius 2 is 1.15 bits per heavy atom. The van der Waals surface area contributed by atoms with Crippen LogP contribution in [-0.2, 0) is 9.59 Å². The molecule has 2 aliphatic carbocycles. The van der Waals surface area contributed by atoms with Crippen molar-refractivity contribution >= 4 is 23.1 Å². The number of fused-ring (bicyclic) bond motifs is 5. The third-order valence-electron chi connectivity index (χ3n) is 8.03. The molecule has 39 heavy (non-hydrogen) atoms. The standard InChI is InChI=1S/C33H31NO5/c1-4-19-39-25-15-9-22(10-16-25)34-32(35)30-26-17-18-27(31(30)33(34)36)29(26)28(20-5-11-23(37-2)12-6-20)21-7-13-24(38-3)14-8-21/h5-18,26-27,30-31H,4,19H2,1-3H3/t26-,27-,30+,31+/m0/s1. The number of rotatable bonds is 8. The molecule has 6 heteroatoms. The number of hydrogen-bond donors (Lipinski definition) is 0. The van der Waals surface area contributed by atoms with Gasteiger partial charge in [-0.3, -0.25) is 9.59 Å². The molecule has 1 saturated heterocycles. The third kappa shape index (κ3) is 4.11. The first-order valence-corrected chi connectivity index (χ1v) is 13.4. The summed E-state index contributed by atoms with van der Waals surface area (Å²) >= 11 is 0. The molecule has 2 bridgehead atoms. The summed E-state index contributed by atoms with van der Waals surface area (Å²) in [5.74, 6) is 0.894. The van der Waals surface area contributed by atoms with Crippen molar-refractivity contribution in [1.29, 1.82) is 0 Å². The van der Waals surface area contributed by atoms with Gasteiger partial charge in [-0.1, -0.05) is 43.3 Å². The maximum atomic E-state index is 13.8. The largest absolute Gasteiger partial charge is 0.497 e. The summed E-state index contributed by atoms with van der Waals surface area (Å²) in [4.78, 5) is 29.1. The zero-order chi connectivity index (χ0) is 27.1. The summed E-state index contributed by atoms with van der Waals surface area (Å²) in [6, 6.07) is 23.2. The molecule has 198 valence electrons. The first-order chi connectivity index (χ1) is 19.0. The fraction of sp³-hybridized carbons (Fsp3) is 0.273. The van der Waals surface area contributed by atoms with Crippen LogP contribution in [0, 0.1) is 23.7 Å². The minimum absolute atomic E-state index is 0.134. The molecule has 0 radical (unpaired) electrons. The van der Waals surface area contributed by atoms with Gasteiger partial charge >= 0.3 is 0 Å². The molecule has 3 aromatic rings. The highest BCUT2D eigenvalue weighted by Gasteiger charge is 2.62. The smallest absolute Gasteiger partial charge is 0.238 e. The van der Waals surface area contributed by atoms with E-state index < -0.39 is 11.8 Å². The summed E-state index contributed by atoms with van der Waals surface area (Å²) in [7, 11) is 3.30. The average Bonchev–Trinajstić information content (AvgIpc) is 3.62. The van der Waals surface area contributed by atoms with E-state index in [0.717, 1.165) is 45.9 Å². The molecular weight excluding hydrogens is 490 g/mol. The van der Waals surface area contributed by atoms with Crippen LogP contribution < -0.4 is 19.1 Å². The Kier molecular flexibility index (Phi) is 6.47. The molecule has 0 N–H and O–H groups in total. The number of benzene rings is 3. The van der Waals surface area contributed by atoms with Crippen molar-refractivity contribution in [3.63, 3.8) is 0 Å². The van der Waals surface area contributed by atoms with Gasteiger partial charge in [-0.2, -0.15) is 0 Å². The SMILES string of the molecule is CCCOc1ccc(N2C(=O)[C@H]3[C@H](C2=O)[C@H]2C=C[C@H]3C2=C(c2ccc(OC)cc2)c2ccc(OC)cc2)cc1. The highest BCUT2D eigenvalue weighted by Crippen LogP contribution is 2.59. The summed E-state index contributed by atoms with van der Waals surface area (Å²) < 4.78 is 16.5. The molecule has 4 atom stereocenters. The van der Waals surface area contributed by atoms with Crippen LogP contribution in [0.2, 0.25) is 0 Å². The zero-order valence-electron chi connectivity index (χ0n) is 22.3. The zero-order valence-corrected chi connectivity index (χ0v) is 22.3. The highest BCUT2D eigenvalue weighted by molar-refractivity contribution is 6.23. The predicted molar refractivity (Wildman–Crippen MR) is 150 cm³/mol. The fourth-order valence-electron chi connectivity index (χ4n) is 6.28. The Morgan fingerprint density at radius 3 is 1.59 bits per heavy atom. The first kappa shape index (κ1) is 25.0. The van der Waals surface area contributed by atoms with Crippen LogP contribution >= 0.6 is 0 Å². The second kappa shape index (κ2) is 10.1. The second-order valence-corrected chi connectivity index (χ2v) is 10.1.